The van der Waals surface area contributed by atoms with Crippen molar-refractivity contribution in [2.75, 3.05) is 60.7 Å². The summed E-state index contributed by atoms with van der Waals surface area (Å²) in [5, 5.41) is 3.24. The number of aliphatic imine (C=N–C) groups is 1. The summed E-state index contributed by atoms with van der Waals surface area (Å²) in [6, 6.07) is 0. The number of esters is 1. The molecule has 0 aliphatic carbocycles. The number of halogens is 1. The fraction of sp³-hybridized carbons (Fsp3) is 0.857. The van der Waals surface area contributed by atoms with Gasteiger partial charge in [0.05, 0.1) is 32.8 Å². The number of ether oxygens (including phenoxy) is 3. The number of hydrogen-bond acceptors (Lipinski definition) is 5. The summed E-state index contributed by atoms with van der Waals surface area (Å²) in [6.07, 6.45) is 0. The molecule has 0 spiro atoms. The Labute approximate surface area is 149 Å². The molecule has 1 N–H and O–H groups in total. The molecule has 130 valence electrons. The van der Waals surface area contributed by atoms with Crippen molar-refractivity contribution in [3.05, 3.63) is 0 Å². The monoisotopic (exact) mass is 429 g/mol. The van der Waals surface area contributed by atoms with Gasteiger partial charge in [0.1, 0.15) is 0 Å². The van der Waals surface area contributed by atoms with Crippen molar-refractivity contribution in [2.45, 2.75) is 6.92 Å². The van der Waals surface area contributed by atoms with E-state index in [1.54, 1.807) is 14.2 Å². The van der Waals surface area contributed by atoms with Gasteiger partial charge in [-0.25, -0.2) is 0 Å². The van der Waals surface area contributed by atoms with Gasteiger partial charge in [0.15, 0.2) is 5.96 Å². The zero-order valence-corrected chi connectivity index (χ0v) is 16.2. The quantitative estimate of drug-likeness (QED) is 0.210. The minimum absolute atomic E-state index is 0. The number of carbonyl (C=O) groups excluding carboxylic acids is 1. The number of nitrogens with zero attached hydrogens (tertiary/aromatic N) is 2. The third-order valence-electron chi connectivity index (χ3n) is 3.59. The van der Waals surface area contributed by atoms with E-state index in [0.717, 1.165) is 12.5 Å². The van der Waals surface area contributed by atoms with E-state index in [1.165, 1.54) is 7.11 Å². The first-order chi connectivity index (χ1) is 10.1. The Morgan fingerprint density at radius 3 is 2.59 bits per heavy atom. The van der Waals surface area contributed by atoms with Crippen LogP contribution in [0.3, 0.4) is 0 Å². The highest BCUT2D eigenvalue weighted by Crippen LogP contribution is 2.23. The Bertz CT molecular complexity index is 355. The molecular formula is C14H28IN3O4. The SMILES string of the molecule is CN=C(NCCOCCOC)N1CC(C)C(C(=O)OC)C1.I. The summed E-state index contributed by atoms with van der Waals surface area (Å²) in [7, 11) is 4.82. The van der Waals surface area contributed by atoms with Gasteiger partial charge in [-0.2, -0.15) is 0 Å². The molecule has 1 saturated heterocycles. The van der Waals surface area contributed by atoms with Crippen LogP contribution in [0.25, 0.3) is 0 Å². The predicted molar refractivity (Wildman–Crippen MR) is 95.7 cm³/mol. The van der Waals surface area contributed by atoms with Crippen LogP contribution < -0.4 is 5.32 Å². The van der Waals surface area contributed by atoms with Crippen molar-refractivity contribution in [2.24, 2.45) is 16.8 Å². The van der Waals surface area contributed by atoms with Crippen LogP contribution >= 0.6 is 24.0 Å². The standard InChI is InChI=1S/C14H27N3O4.HI/c1-11-9-17(10-12(11)13(18)20-4)14(15-2)16-5-6-21-8-7-19-3;/h11-12H,5-10H2,1-4H3,(H,15,16);1H. The van der Waals surface area contributed by atoms with Crippen molar-refractivity contribution in [1.82, 2.24) is 10.2 Å². The zero-order valence-electron chi connectivity index (χ0n) is 13.8. The highest BCUT2D eigenvalue weighted by atomic mass is 127. The molecule has 0 saturated carbocycles. The van der Waals surface area contributed by atoms with Crippen LogP contribution in [0.2, 0.25) is 0 Å². The second-order valence-corrected chi connectivity index (χ2v) is 5.09. The number of likely N-dealkylation sites (tertiary alicyclic amines) is 1. The fourth-order valence-electron chi connectivity index (χ4n) is 2.41. The molecule has 1 aliphatic heterocycles. The van der Waals surface area contributed by atoms with E-state index in [-0.39, 0.29) is 41.8 Å². The molecule has 0 amide bonds. The van der Waals surface area contributed by atoms with Crippen LogP contribution in [0.1, 0.15) is 6.92 Å². The Kier molecular flexibility index (Phi) is 11.6. The van der Waals surface area contributed by atoms with Crippen molar-refractivity contribution in [3.8, 4) is 0 Å². The van der Waals surface area contributed by atoms with Crippen LogP contribution in [0.15, 0.2) is 4.99 Å². The maximum absolute atomic E-state index is 11.7. The van der Waals surface area contributed by atoms with E-state index in [0.29, 0.717) is 32.9 Å². The van der Waals surface area contributed by atoms with Crippen molar-refractivity contribution < 1.29 is 19.0 Å². The summed E-state index contributed by atoms with van der Waals surface area (Å²) < 4.78 is 15.1. The Hall–Kier alpha value is -0.610. The smallest absolute Gasteiger partial charge is 0.310 e. The molecule has 2 unspecified atom stereocenters. The number of rotatable bonds is 7. The second-order valence-electron chi connectivity index (χ2n) is 5.09. The molecule has 0 aromatic rings. The Morgan fingerprint density at radius 1 is 1.27 bits per heavy atom. The van der Waals surface area contributed by atoms with E-state index >= 15 is 0 Å². The number of carbonyl (C=O) groups is 1. The molecule has 8 heteroatoms. The maximum Gasteiger partial charge on any atom is 0.310 e. The number of guanidine groups is 1. The molecule has 1 fully saturated rings. The lowest BCUT2D eigenvalue weighted by Crippen LogP contribution is -2.42. The van der Waals surface area contributed by atoms with Crippen LogP contribution in [0, 0.1) is 11.8 Å². The summed E-state index contributed by atoms with van der Waals surface area (Å²) in [5.41, 5.74) is 0. The first-order valence-corrected chi connectivity index (χ1v) is 7.24. The lowest BCUT2D eigenvalue weighted by Gasteiger charge is -2.21. The van der Waals surface area contributed by atoms with Gasteiger partial charge < -0.3 is 24.4 Å². The molecule has 1 aliphatic rings. The van der Waals surface area contributed by atoms with Crippen LogP contribution in [0.4, 0.5) is 0 Å². The van der Waals surface area contributed by atoms with Crippen molar-refractivity contribution in [3.63, 3.8) is 0 Å². The normalized spacial score (nSPS) is 21.5. The molecule has 0 aromatic carbocycles. The molecule has 7 nitrogen and oxygen atoms in total. The zero-order chi connectivity index (χ0) is 15.7. The van der Waals surface area contributed by atoms with Crippen molar-refractivity contribution in [1.29, 1.82) is 0 Å². The number of hydrogen-bond donors (Lipinski definition) is 1. The lowest BCUT2D eigenvalue weighted by molar-refractivity contribution is -0.145. The van der Waals surface area contributed by atoms with E-state index in [9.17, 15) is 4.79 Å². The van der Waals surface area contributed by atoms with E-state index in [4.69, 9.17) is 14.2 Å². The molecule has 2 atom stereocenters. The van der Waals surface area contributed by atoms with Gasteiger partial charge >= 0.3 is 5.97 Å². The minimum atomic E-state index is -0.150. The van der Waals surface area contributed by atoms with Crippen molar-refractivity contribution >= 4 is 35.9 Å². The van der Waals surface area contributed by atoms with Crippen LogP contribution in [-0.4, -0.2) is 77.6 Å². The highest BCUT2D eigenvalue weighted by Gasteiger charge is 2.36. The van der Waals surface area contributed by atoms with Crippen LogP contribution in [-0.2, 0) is 19.0 Å². The average Bonchev–Trinajstić information content (AvgIpc) is 2.87. The predicted octanol–water partition coefficient (Wildman–Crippen LogP) is 0.584. The summed E-state index contributed by atoms with van der Waals surface area (Å²) >= 11 is 0. The summed E-state index contributed by atoms with van der Waals surface area (Å²) in [6.45, 7) is 5.93. The third-order valence-corrected chi connectivity index (χ3v) is 3.59. The molecular weight excluding hydrogens is 401 g/mol. The average molecular weight is 429 g/mol. The van der Waals surface area contributed by atoms with Gasteiger partial charge in [-0.1, -0.05) is 6.92 Å². The molecule has 0 aromatic heterocycles. The third kappa shape index (κ3) is 6.66. The molecule has 22 heavy (non-hydrogen) atoms. The fourth-order valence-corrected chi connectivity index (χ4v) is 2.41. The van der Waals surface area contributed by atoms with Crippen LogP contribution in [0.5, 0.6) is 0 Å². The van der Waals surface area contributed by atoms with Gasteiger partial charge in [-0.05, 0) is 5.92 Å². The van der Waals surface area contributed by atoms with Gasteiger partial charge in [0.2, 0.25) is 0 Å². The first-order valence-electron chi connectivity index (χ1n) is 7.24. The van der Waals surface area contributed by atoms with E-state index in [1.807, 2.05) is 0 Å². The Balaban J connectivity index is 0.00000441. The molecule has 1 rings (SSSR count). The molecule has 0 bridgehead atoms. The van der Waals surface area contributed by atoms with Gasteiger partial charge in [-0.3, -0.25) is 9.79 Å². The van der Waals surface area contributed by atoms with E-state index < -0.39 is 0 Å². The maximum atomic E-state index is 11.7. The molecule has 0 radical (unpaired) electrons. The van der Waals surface area contributed by atoms with Gasteiger partial charge in [-0.15, -0.1) is 24.0 Å². The largest absolute Gasteiger partial charge is 0.469 e. The summed E-state index contributed by atoms with van der Waals surface area (Å²) in [4.78, 5) is 18.0. The van der Waals surface area contributed by atoms with Gasteiger partial charge in [0, 0.05) is 33.8 Å². The number of methoxy groups -OCH3 is 2. The lowest BCUT2D eigenvalue weighted by atomic mass is 9.99. The second kappa shape index (κ2) is 11.9. The summed E-state index contributed by atoms with van der Waals surface area (Å²) in [5.74, 6) is 0.812. The minimum Gasteiger partial charge on any atom is -0.469 e. The highest BCUT2D eigenvalue weighted by molar-refractivity contribution is 14.0. The van der Waals surface area contributed by atoms with E-state index in [2.05, 4.69) is 22.1 Å². The topological polar surface area (TPSA) is 72.4 Å². The molecule has 1 heterocycles. The first kappa shape index (κ1) is 21.4. The van der Waals surface area contributed by atoms with Gasteiger partial charge in [0.25, 0.3) is 0 Å². The number of nitrogens with one attached hydrogen (secondary N) is 1. The Morgan fingerprint density at radius 2 is 2.00 bits per heavy atom.